The second kappa shape index (κ2) is 3.16. The van der Waals surface area contributed by atoms with E-state index in [1.807, 2.05) is 36.4 Å². The molecular weight excluding hydrogens is 230 g/mol. The first kappa shape index (κ1) is 9.77. The van der Waals surface area contributed by atoms with Crippen LogP contribution in [0.1, 0.15) is 0 Å². The lowest BCUT2D eigenvalue weighted by molar-refractivity contribution is 0.518. The first-order chi connectivity index (χ1) is 8.75. The van der Waals surface area contributed by atoms with E-state index in [9.17, 15) is 8.78 Å². The van der Waals surface area contributed by atoms with Crippen molar-refractivity contribution in [3.63, 3.8) is 0 Å². The summed E-state index contributed by atoms with van der Waals surface area (Å²) in [6.45, 7) is 0. The van der Waals surface area contributed by atoms with Crippen molar-refractivity contribution in [3.8, 4) is 0 Å². The van der Waals surface area contributed by atoms with Gasteiger partial charge in [0.2, 0.25) is 0 Å². The van der Waals surface area contributed by atoms with Gasteiger partial charge in [-0.05, 0) is 27.6 Å². The summed E-state index contributed by atoms with van der Waals surface area (Å²) in [4.78, 5) is 0. The van der Waals surface area contributed by atoms with E-state index in [4.69, 9.17) is 0 Å². The van der Waals surface area contributed by atoms with E-state index in [1.54, 1.807) is 6.07 Å². The topological polar surface area (TPSA) is 0 Å². The van der Waals surface area contributed by atoms with Crippen molar-refractivity contribution in [1.29, 1.82) is 0 Å². The predicted octanol–water partition coefficient (Wildman–Crippen LogP) is 4.86. The Balaban J connectivity index is 2.46. The van der Waals surface area contributed by atoms with Crippen LogP contribution in [0.3, 0.4) is 0 Å². The molecule has 0 aliphatic rings. The summed E-state index contributed by atoms with van der Waals surface area (Å²) in [6.07, 6.45) is 0. The van der Waals surface area contributed by atoms with Crippen LogP contribution in [0.2, 0.25) is 0 Å². The van der Waals surface area contributed by atoms with Gasteiger partial charge in [0.1, 0.15) is 0 Å². The quantitative estimate of drug-likeness (QED) is 0.384. The normalized spacial score (nSPS) is 11.9. The largest absolute Gasteiger partial charge is 0.204 e. The van der Waals surface area contributed by atoms with E-state index in [0.29, 0.717) is 5.39 Å². The van der Waals surface area contributed by atoms with Gasteiger partial charge in [0.15, 0.2) is 11.6 Å². The number of halogens is 2. The fourth-order valence-electron chi connectivity index (χ4n) is 2.74. The molecule has 0 amide bonds. The standard InChI is InChI=1S/C16H8F2/c17-13-8-11-5-4-9-2-1-3-10-6-7-12(16(13)18)15(11)14(9)10/h1-8H. The Morgan fingerprint density at radius 1 is 0.667 bits per heavy atom. The van der Waals surface area contributed by atoms with Crippen molar-refractivity contribution < 1.29 is 8.78 Å². The zero-order valence-corrected chi connectivity index (χ0v) is 9.37. The first-order valence-electron chi connectivity index (χ1n) is 5.77. The molecule has 0 spiro atoms. The van der Waals surface area contributed by atoms with Gasteiger partial charge >= 0.3 is 0 Å². The monoisotopic (exact) mass is 238 g/mol. The highest BCUT2D eigenvalue weighted by molar-refractivity contribution is 6.22. The Kier molecular flexibility index (Phi) is 1.72. The van der Waals surface area contributed by atoms with Crippen LogP contribution in [-0.2, 0) is 0 Å². The fourth-order valence-corrected chi connectivity index (χ4v) is 2.74. The molecule has 0 N–H and O–H groups in total. The van der Waals surface area contributed by atoms with E-state index < -0.39 is 11.6 Å². The van der Waals surface area contributed by atoms with Crippen LogP contribution in [0, 0.1) is 11.6 Å². The molecule has 4 rings (SSSR count). The van der Waals surface area contributed by atoms with Gasteiger partial charge in [0.05, 0.1) is 0 Å². The van der Waals surface area contributed by atoms with E-state index in [2.05, 4.69) is 0 Å². The van der Waals surface area contributed by atoms with Crippen LogP contribution in [0.4, 0.5) is 8.78 Å². The van der Waals surface area contributed by atoms with Crippen LogP contribution in [0.15, 0.2) is 48.5 Å². The maximum Gasteiger partial charge on any atom is 0.166 e. The summed E-state index contributed by atoms with van der Waals surface area (Å²) < 4.78 is 27.4. The van der Waals surface area contributed by atoms with Gasteiger partial charge in [-0.1, -0.05) is 42.5 Å². The van der Waals surface area contributed by atoms with E-state index in [1.165, 1.54) is 6.07 Å². The minimum Gasteiger partial charge on any atom is -0.204 e. The Labute approximate surface area is 102 Å². The van der Waals surface area contributed by atoms with Crippen molar-refractivity contribution in [1.82, 2.24) is 0 Å². The van der Waals surface area contributed by atoms with Crippen LogP contribution < -0.4 is 0 Å². The van der Waals surface area contributed by atoms with Crippen LogP contribution >= 0.6 is 0 Å². The summed E-state index contributed by atoms with van der Waals surface area (Å²) in [5.74, 6) is -1.55. The molecule has 0 unspecified atom stereocenters. The maximum absolute atomic E-state index is 13.9. The van der Waals surface area contributed by atoms with Crippen molar-refractivity contribution in [2.75, 3.05) is 0 Å². The molecule has 0 heterocycles. The van der Waals surface area contributed by atoms with Gasteiger partial charge in [0, 0.05) is 10.8 Å². The van der Waals surface area contributed by atoms with Gasteiger partial charge in [-0.2, -0.15) is 0 Å². The van der Waals surface area contributed by atoms with E-state index in [-0.39, 0.29) is 0 Å². The number of hydrogen-bond donors (Lipinski definition) is 0. The molecule has 0 saturated carbocycles. The molecule has 0 aliphatic carbocycles. The molecule has 0 saturated heterocycles. The van der Waals surface area contributed by atoms with Gasteiger partial charge in [-0.25, -0.2) is 8.78 Å². The lowest BCUT2D eigenvalue weighted by atomic mass is 9.94. The summed E-state index contributed by atoms with van der Waals surface area (Å²) in [5, 5.41) is 5.02. The minimum absolute atomic E-state index is 0.356. The Bertz CT molecular complexity index is 878. The minimum atomic E-state index is -0.791. The average Bonchev–Trinajstić information content (AvgIpc) is 2.40. The van der Waals surface area contributed by atoms with Crippen LogP contribution in [-0.4, -0.2) is 0 Å². The second-order valence-electron chi connectivity index (χ2n) is 4.53. The molecule has 86 valence electrons. The highest BCUT2D eigenvalue weighted by Crippen LogP contribution is 2.36. The molecule has 0 fully saturated rings. The zero-order valence-electron chi connectivity index (χ0n) is 9.37. The molecule has 2 heteroatoms. The van der Waals surface area contributed by atoms with Gasteiger partial charge in [0.25, 0.3) is 0 Å². The fraction of sp³-hybridized carbons (Fsp3) is 0. The van der Waals surface area contributed by atoms with Gasteiger partial charge in [-0.3, -0.25) is 0 Å². The number of hydrogen-bond acceptors (Lipinski definition) is 0. The zero-order chi connectivity index (χ0) is 12.3. The van der Waals surface area contributed by atoms with E-state index >= 15 is 0 Å². The molecule has 4 aromatic carbocycles. The second-order valence-corrected chi connectivity index (χ2v) is 4.53. The first-order valence-corrected chi connectivity index (χ1v) is 5.77. The lowest BCUT2D eigenvalue weighted by Crippen LogP contribution is -1.90. The highest BCUT2D eigenvalue weighted by atomic mass is 19.2. The highest BCUT2D eigenvalue weighted by Gasteiger charge is 2.13. The van der Waals surface area contributed by atoms with Crippen LogP contribution in [0.5, 0.6) is 0 Å². The molecule has 0 aliphatic heterocycles. The summed E-state index contributed by atoms with van der Waals surface area (Å²) >= 11 is 0. The summed E-state index contributed by atoms with van der Waals surface area (Å²) in [5.41, 5.74) is 0. The maximum atomic E-state index is 13.9. The SMILES string of the molecule is Fc1cc2ccc3cccc4ccc(c1F)c2c34. The molecule has 0 bridgehead atoms. The van der Waals surface area contributed by atoms with Crippen molar-refractivity contribution in [2.24, 2.45) is 0 Å². The van der Waals surface area contributed by atoms with Gasteiger partial charge < -0.3 is 0 Å². The summed E-state index contributed by atoms with van der Waals surface area (Å²) in [7, 11) is 0. The average molecular weight is 238 g/mol. The molecule has 0 atom stereocenters. The molecule has 0 aromatic heterocycles. The molecule has 4 aromatic rings. The van der Waals surface area contributed by atoms with E-state index in [0.717, 1.165) is 26.9 Å². The Morgan fingerprint density at radius 3 is 2.11 bits per heavy atom. The number of benzene rings is 4. The lowest BCUT2D eigenvalue weighted by Gasteiger charge is -2.11. The molecular formula is C16H8F2. The molecule has 0 nitrogen and oxygen atoms in total. The third kappa shape index (κ3) is 1.07. The third-order valence-electron chi connectivity index (χ3n) is 3.54. The van der Waals surface area contributed by atoms with Crippen molar-refractivity contribution in [3.05, 3.63) is 60.2 Å². The van der Waals surface area contributed by atoms with Gasteiger partial charge in [-0.15, -0.1) is 0 Å². The Hall–Kier alpha value is -2.22. The smallest absolute Gasteiger partial charge is 0.166 e. The molecule has 18 heavy (non-hydrogen) atoms. The van der Waals surface area contributed by atoms with Crippen LogP contribution in [0.25, 0.3) is 32.3 Å². The number of rotatable bonds is 0. The third-order valence-corrected chi connectivity index (χ3v) is 3.54. The van der Waals surface area contributed by atoms with Crippen molar-refractivity contribution >= 4 is 32.3 Å². The molecule has 0 radical (unpaired) electrons. The van der Waals surface area contributed by atoms with Crippen molar-refractivity contribution in [2.45, 2.75) is 0 Å². The summed E-state index contributed by atoms with van der Waals surface area (Å²) in [6, 6.07) is 14.5. The Morgan fingerprint density at radius 2 is 1.33 bits per heavy atom. The predicted molar refractivity (Wildman–Crippen MR) is 70.1 cm³/mol.